The first kappa shape index (κ1) is 23.1. The molecule has 2 aliphatic rings. The topological polar surface area (TPSA) is 102 Å². The van der Waals surface area contributed by atoms with Crippen molar-refractivity contribution in [3.8, 4) is 0 Å². The maximum Gasteiger partial charge on any atom is 0.311 e. The summed E-state index contributed by atoms with van der Waals surface area (Å²) >= 11 is 0. The van der Waals surface area contributed by atoms with Crippen LogP contribution >= 0.6 is 0 Å². The number of carboxylic acids is 1. The number of carboxylic acid groups (broad SMARTS) is 1. The molecule has 7 heteroatoms. The average Bonchev–Trinajstić information content (AvgIpc) is 3.29. The molecule has 0 amide bonds. The van der Waals surface area contributed by atoms with Crippen LogP contribution in [0.2, 0.25) is 0 Å². The maximum absolute atomic E-state index is 12.5. The van der Waals surface area contributed by atoms with Gasteiger partial charge in [-0.3, -0.25) is 9.59 Å². The molecule has 28 heavy (non-hydrogen) atoms. The first-order valence-electron chi connectivity index (χ1n) is 10.6. The minimum atomic E-state index is -0.847. The van der Waals surface area contributed by atoms with E-state index in [9.17, 15) is 14.7 Å². The monoisotopic (exact) mass is 400 g/mol. The molecule has 2 saturated heterocycles. The van der Waals surface area contributed by atoms with Crippen LogP contribution in [0.25, 0.3) is 0 Å². The SMILES string of the molecule is CC[C@H](O)C[C@@H]1CC[C@H]([C@H](C)C(=O)O[C@H](C)C[C@@H]2CC[C@@H]([C@@H](C)C(=O)O)O2)O1. The van der Waals surface area contributed by atoms with Crippen molar-refractivity contribution in [3.05, 3.63) is 0 Å². The van der Waals surface area contributed by atoms with Gasteiger partial charge in [-0.05, 0) is 59.3 Å². The average molecular weight is 401 g/mol. The zero-order valence-electron chi connectivity index (χ0n) is 17.5. The highest BCUT2D eigenvalue weighted by Crippen LogP contribution is 2.31. The van der Waals surface area contributed by atoms with Crippen LogP contribution in [0.15, 0.2) is 0 Å². The molecule has 0 aromatic carbocycles. The number of carbonyl (C=O) groups is 2. The predicted octanol–water partition coefficient (Wildman–Crippen LogP) is 2.92. The van der Waals surface area contributed by atoms with Crippen LogP contribution in [0.1, 0.15) is 72.6 Å². The first-order chi connectivity index (χ1) is 13.2. The number of hydrogen-bond acceptors (Lipinski definition) is 6. The molecule has 0 aliphatic carbocycles. The van der Waals surface area contributed by atoms with Gasteiger partial charge in [-0.25, -0.2) is 0 Å². The Labute approximate surface area is 167 Å². The van der Waals surface area contributed by atoms with Gasteiger partial charge in [-0.1, -0.05) is 6.92 Å². The van der Waals surface area contributed by atoms with Gasteiger partial charge in [0.15, 0.2) is 0 Å². The van der Waals surface area contributed by atoms with E-state index in [4.69, 9.17) is 19.3 Å². The molecule has 7 nitrogen and oxygen atoms in total. The highest BCUT2D eigenvalue weighted by molar-refractivity contribution is 5.73. The Balaban J connectivity index is 1.73. The molecule has 2 rings (SSSR count). The van der Waals surface area contributed by atoms with Gasteiger partial charge in [-0.15, -0.1) is 0 Å². The van der Waals surface area contributed by atoms with Crippen molar-refractivity contribution in [2.75, 3.05) is 0 Å². The number of esters is 1. The van der Waals surface area contributed by atoms with Gasteiger partial charge < -0.3 is 24.4 Å². The minimum absolute atomic E-state index is 0.00710. The van der Waals surface area contributed by atoms with Gasteiger partial charge >= 0.3 is 11.9 Å². The quantitative estimate of drug-likeness (QED) is 0.544. The summed E-state index contributed by atoms with van der Waals surface area (Å²) in [6.45, 7) is 7.28. The standard InChI is InChI=1S/C21H36O7/c1-5-15(22)11-17-7-9-19(28-17)14(4)21(25)26-12(2)10-16-6-8-18(27-16)13(3)20(23)24/h12-19,22H,5-11H2,1-4H3,(H,23,24)/t12-,13-,14+,15+,16+,17+,18+,19-/m1/s1. The predicted molar refractivity (Wildman–Crippen MR) is 103 cm³/mol. The Kier molecular flexibility index (Phi) is 8.71. The van der Waals surface area contributed by atoms with E-state index in [0.29, 0.717) is 19.3 Å². The number of ether oxygens (including phenoxy) is 3. The molecule has 2 heterocycles. The molecule has 0 bridgehead atoms. The van der Waals surface area contributed by atoms with E-state index in [1.807, 2.05) is 20.8 Å². The van der Waals surface area contributed by atoms with Gasteiger partial charge in [0, 0.05) is 6.42 Å². The van der Waals surface area contributed by atoms with Crippen LogP contribution in [0.3, 0.4) is 0 Å². The van der Waals surface area contributed by atoms with Crippen molar-refractivity contribution in [1.82, 2.24) is 0 Å². The van der Waals surface area contributed by atoms with E-state index in [2.05, 4.69) is 0 Å². The smallest absolute Gasteiger partial charge is 0.311 e. The molecule has 0 aromatic rings. The van der Waals surface area contributed by atoms with Gasteiger partial charge in [0.2, 0.25) is 0 Å². The summed E-state index contributed by atoms with van der Waals surface area (Å²) in [5.41, 5.74) is 0. The third-order valence-electron chi connectivity index (χ3n) is 6.08. The molecule has 0 radical (unpaired) electrons. The van der Waals surface area contributed by atoms with Gasteiger partial charge in [0.25, 0.3) is 0 Å². The van der Waals surface area contributed by atoms with Crippen LogP contribution in [-0.2, 0) is 23.8 Å². The lowest BCUT2D eigenvalue weighted by Gasteiger charge is -2.23. The minimum Gasteiger partial charge on any atom is -0.481 e. The number of aliphatic hydroxyl groups is 1. The summed E-state index contributed by atoms with van der Waals surface area (Å²) in [6.07, 6.45) is 3.88. The van der Waals surface area contributed by atoms with Crippen LogP contribution < -0.4 is 0 Å². The Morgan fingerprint density at radius 3 is 2.04 bits per heavy atom. The van der Waals surface area contributed by atoms with Crippen molar-refractivity contribution in [1.29, 1.82) is 0 Å². The Bertz CT molecular complexity index is 523. The number of hydrogen-bond donors (Lipinski definition) is 2. The molecular formula is C21H36O7. The molecule has 0 aromatic heterocycles. The van der Waals surface area contributed by atoms with E-state index in [1.54, 1.807) is 6.92 Å². The normalized spacial score (nSPS) is 31.9. The Morgan fingerprint density at radius 2 is 1.50 bits per heavy atom. The van der Waals surface area contributed by atoms with E-state index >= 15 is 0 Å². The summed E-state index contributed by atoms with van der Waals surface area (Å²) in [6, 6.07) is 0. The summed E-state index contributed by atoms with van der Waals surface area (Å²) in [5.74, 6) is -2.00. The second-order valence-corrected chi connectivity index (χ2v) is 8.44. The fourth-order valence-electron chi connectivity index (χ4n) is 4.05. The molecule has 162 valence electrons. The zero-order chi connectivity index (χ0) is 20.8. The number of aliphatic hydroxyl groups excluding tert-OH is 1. The van der Waals surface area contributed by atoms with Crippen molar-refractivity contribution in [2.45, 2.75) is 109 Å². The number of aliphatic carboxylic acids is 1. The molecule has 0 unspecified atom stereocenters. The number of rotatable bonds is 10. The third kappa shape index (κ3) is 6.42. The Hall–Kier alpha value is -1.18. The highest BCUT2D eigenvalue weighted by Gasteiger charge is 2.36. The summed E-state index contributed by atoms with van der Waals surface area (Å²) < 4.78 is 17.4. The molecule has 2 aliphatic heterocycles. The van der Waals surface area contributed by atoms with Crippen molar-refractivity contribution < 1.29 is 34.0 Å². The van der Waals surface area contributed by atoms with Crippen LogP contribution in [0, 0.1) is 11.8 Å². The number of carbonyl (C=O) groups excluding carboxylic acids is 1. The van der Waals surface area contributed by atoms with E-state index in [-0.39, 0.29) is 48.5 Å². The summed E-state index contributed by atoms with van der Waals surface area (Å²) in [7, 11) is 0. The van der Waals surface area contributed by atoms with Gasteiger partial charge in [-0.2, -0.15) is 0 Å². The molecule has 2 N–H and O–H groups in total. The van der Waals surface area contributed by atoms with Crippen molar-refractivity contribution >= 4 is 11.9 Å². The molecule has 8 atom stereocenters. The second kappa shape index (κ2) is 10.6. The van der Waals surface area contributed by atoms with Gasteiger partial charge in [0.1, 0.15) is 6.10 Å². The second-order valence-electron chi connectivity index (χ2n) is 8.44. The van der Waals surface area contributed by atoms with E-state index < -0.39 is 11.9 Å². The lowest BCUT2D eigenvalue weighted by molar-refractivity contribution is -0.159. The zero-order valence-corrected chi connectivity index (χ0v) is 17.5. The summed E-state index contributed by atoms with van der Waals surface area (Å²) in [5, 5.41) is 18.9. The van der Waals surface area contributed by atoms with E-state index in [1.165, 1.54) is 0 Å². The largest absolute Gasteiger partial charge is 0.481 e. The maximum atomic E-state index is 12.5. The molecule has 0 spiro atoms. The fraction of sp³-hybridized carbons (Fsp3) is 0.905. The van der Waals surface area contributed by atoms with Crippen LogP contribution in [0.5, 0.6) is 0 Å². The lowest BCUT2D eigenvalue weighted by Crippen LogP contribution is -2.32. The third-order valence-corrected chi connectivity index (χ3v) is 6.08. The van der Waals surface area contributed by atoms with Gasteiger partial charge in [0.05, 0.1) is 42.4 Å². The van der Waals surface area contributed by atoms with E-state index in [0.717, 1.165) is 25.7 Å². The Morgan fingerprint density at radius 1 is 0.964 bits per heavy atom. The molecule has 2 fully saturated rings. The fourth-order valence-corrected chi connectivity index (χ4v) is 4.05. The highest BCUT2D eigenvalue weighted by atomic mass is 16.6. The lowest BCUT2D eigenvalue weighted by atomic mass is 10.0. The van der Waals surface area contributed by atoms with Crippen LogP contribution in [-0.4, -0.2) is 58.8 Å². The molecular weight excluding hydrogens is 364 g/mol. The summed E-state index contributed by atoms with van der Waals surface area (Å²) in [4.78, 5) is 23.6. The first-order valence-corrected chi connectivity index (χ1v) is 10.6. The van der Waals surface area contributed by atoms with Crippen molar-refractivity contribution in [2.24, 2.45) is 11.8 Å². The van der Waals surface area contributed by atoms with Crippen LogP contribution in [0.4, 0.5) is 0 Å². The molecule has 0 saturated carbocycles. The van der Waals surface area contributed by atoms with Crippen molar-refractivity contribution in [3.63, 3.8) is 0 Å².